The molecule has 0 radical (unpaired) electrons. The van der Waals surface area contributed by atoms with Crippen LogP contribution in [0.15, 0.2) is 24.3 Å². The summed E-state index contributed by atoms with van der Waals surface area (Å²) in [4.78, 5) is 2.15. The number of nitrogens with one attached hydrogen (secondary N) is 1. The lowest BCUT2D eigenvalue weighted by atomic mass is 10.0. The van der Waals surface area contributed by atoms with Crippen molar-refractivity contribution in [3.63, 3.8) is 0 Å². The highest BCUT2D eigenvalue weighted by Crippen LogP contribution is 2.19. The molecule has 4 heteroatoms. The quantitative estimate of drug-likeness (QED) is 0.808. The highest BCUT2D eigenvalue weighted by molar-refractivity contribution is 6.30. The van der Waals surface area contributed by atoms with Gasteiger partial charge in [0.1, 0.15) is 0 Å². The highest BCUT2D eigenvalue weighted by atomic mass is 35.5. The lowest BCUT2D eigenvalue weighted by molar-refractivity contribution is 0.0436. The SMILES string of the molecule is CNC(CCN(C)CC(C)(C)O)c1ccc(Cl)cc1. The third-order valence-corrected chi connectivity index (χ3v) is 3.33. The number of halogens is 1. The molecular formula is C15H25ClN2O. The number of hydrogen-bond donors (Lipinski definition) is 2. The van der Waals surface area contributed by atoms with E-state index in [2.05, 4.69) is 22.3 Å². The predicted octanol–water partition coefficient (Wildman–Crippen LogP) is 2.69. The van der Waals surface area contributed by atoms with E-state index in [1.165, 1.54) is 5.56 Å². The van der Waals surface area contributed by atoms with Gasteiger partial charge < -0.3 is 15.3 Å². The first-order valence-corrected chi connectivity index (χ1v) is 7.03. The maximum atomic E-state index is 9.79. The van der Waals surface area contributed by atoms with Crippen molar-refractivity contribution in [3.8, 4) is 0 Å². The molecule has 1 atom stereocenters. The Morgan fingerprint density at radius 2 is 1.89 bits per heavy atom. The Morgan fingerprint density at radius 1 is 1.32 bits per heavy atom. The van der Waals surface area contributed by atoms with Gasteiger partial charge in [-0.05, 0) is 58.6 Å². The van der Waals surface area contributed by atoms with Crippen molar-refractivity contribution in [1.82, 2.24) is 10.2 Å². The van der Waals surface area contributed by atoms with Gasteiger partial charge in [0.15, 0.2) is 0 Å². The molecule has 1 aromatic carbocycles. The van der Waals surface area contributed by atoms with Gasteiger partial charge in [0.25, 0.3) is 0 Å². The first kappa shape index (κ1) is 16.4. The Bertz CT molecular complexity index is 373. The van der Waals surface area contributed by atoms with Crippen molar-refractivity contribution in [2.75, 3.05) is 27.2 Å². The highest BCUT2D eigenvalue weighted by Gasteiger charge is 2.17. The number of hydrogen-bond acceptors (Lipinski definition) is 3. The second-order valence-corrected chi connectivity index (χ2v) is 6.17. The van der Waals surface area contributed by atoms with Crippen molar-refractivity contribution in [1.29, 1.82) is 0 Å². The standard InChI is InChI=1S/C15H25ClN2O/c1-15(2,19)11-18(4)10-9-14(17-3)12-5-7-13(16)8-6-12/h5-8,14,17,19H,9-11H2,1-4H3. The molecule has 1 rings (SSSR count). The number of aliphatic hydroxyl groups is 1. The van der Waals surface area contributed by atoms with Gasteiger partial charge in [-0.2, -0.15) is 0 Å². The molecule has 3 nitrogen and oxygen atoms in total. The lowest BCUT2D eigenvalue weighted by Crippen LogP contribution is -2.37. The summed E-state index contributed by atoms with van der Waals surface area (Å²) in [7, 11) is 4.00. The fraction of sp³-hybridized carbons (Fsp3) is 0.600. The molecule has 0 saturated carbocycles. The topological polar surface area (TPSA) is 35.5 Å². The van der Waals surface area contributed by atoms with Crippen molar-refractivity contribution in [2.45, 2.75) is 31.9 Å². The predicted molar refractivity (Wildman–Crippen MR) is 81.7 cm³/mol. The van der Waals surface area contributed by atoms with Crippen LogP contribution < -0.4 is 5.32 Å². The average molecular weight is 285 g/mol. The Morgan fingerprint density at radius 3 is 2.37 bits per heavy atom. The summed E-state index contributed by atoms with van der Waals surface area (Å²) in [6.45, 7) is 5.26. The molecule has 0 aliphatic heterocycles. The summed E-state index contributed by atoms with van der Waals surface area (Å²) in [6.07, 6.45) is 0.991. The summed E-state index contributed by atoms with van der Waals surface area (Å²) in [6, 6.07) is 8.25. The maximum absolute atomic E-state index is 9.79. The van der Waals surface area contributed by atoms with E-state index in [0.29, 0.717) is 12.6 Å². The summed E-state index contributed by atoms with van der Waals surface area (Å²) >= 11 is 5.90. The maximum Gasteiger partial charge on any atom is 0.0718 e. The molecule has 19 heavy (non-hydrogen) atoms. The van der Waals surface area contributed by atoms with E-state index >= 15 is 0 Å². The Hall–Kier alpha value is -0.610. The van der Waals surface area contributed by atoms with Gasteiger partial charge >= 0.3 is 0 Å². The first-order chi connectivity index (χ1) is 8.81. The zero-order valence-corrected chi connectivity index (χ0v) is 13.0. The number of benzene rings is 1. The van der Waals surface area contributed by atoms with E-state index in [9.17, 15) is 5.11 Å². The Kier molecular flexibility index (Phi) is 6.27. The molecule has 108 valence electrons. The molecule has 2 N–H and O–H groups in total. The monoisotopic (exact) mass is 284 g/mol. The molecule has 0 aromatic heterocycles. The van der Waals surface area contributed by atoms with Crippen molar-refractivity contribution in [2.24, 2.45) is 0 Å². The van der Waals surface area contributed by atoms with E-state index in [1.807, 2.05) is 40.1 Å². The van der Waals surface area contributed by atoms with Gasteiger partial charge in [0.05, 0.1) is 5.60 Å². The third kappa shape index (κ3) is 6.39. The van der Waals surface area contributed by atoms with Crippen molar-refractivity contribution < 1.29 is 5.11 Å². The van der Waals surface area contributed by atoms with E-state index in [-0.39, 0.29) is 0 Å². The van der Waals surface area contributed by atoms with Gasteiger partial charge in [0, 0.05) is 17.6 Å². The van der Waals surface area contributed by atoms with E-state index < -0.39 is 5.60 Å². The largest absolute Gasteiger partial charge is 0.389 e. The van der Waals surface area contributed by atoms with Crippen LogP contribution in [-0.4, -0.2) is 42.8 Å². The molecule has 1 aromatic rings. The van der Waals surface area contributed by atoms with Crippen molar-refractivity contribution >= 4 is 11.6 Å². The molecule has 0 bridgehead atoms. The second kappa shape index (κ2) is 7.25. The van der Waals surface area contributed by atoms with Gasteiger partial charge in [0.2, 0.25) is 0 Å². The van der Waals surface area contributed by atoms with E-state index in [1.54, 1.807) is 0 Å². The van der Waals surface area contributed by atoms with Crippen LogP contribution >= 0.6 is 11.6 Å². The summed E-state index contributed by atoms with van der Waals surface area (Å²) in [5.41, 5.74) is 0.591. The molecular weight excluding hydrogens is 260 g/mol. The second-order valence-electron chi connectivity index (χ2n) is 5.73. The lowest BCUT2D eigenvalue weighted by Gasteiger charge is -2.27. The van der Waals surface area contributed by atoms with Crippen molar-refractivity contribution in [3.05, 3.63) is 34.9 Å². The molecule has 0 spiro atoms. The Labute approximate surface area is 121 Å². The van der Waals surface area contributed by atoms with Gasteiger partial charge in [-0.15, -0.1) is 0 Å². The third-order valence-electron chi connectivity index (χ3n) is 3.08. The van der Waals surface area contributed by atoms with Gasteiger partial charge in [-0.25, -0.2) is 0 Å². The molecule has 0 amide bonds. The van der Waals surface area contributed by atoms with Crippen LogP contribution in [-0.2, 0) is 0 Å². The van der Waals surface area contributed by atoms with Crippen LogP contribution in [0.5, 0.6) is 0 Å². The molecule has 0 heterocycles. The average Bonchev–Trinajstić information content (AvgIpc) is 2.29. The first-order valence-electron chi connectivity index (χ1n) is 6.65. The zero-order valence-electron chi connectivity index (χ0n) is 12.3. The van der Waals surface area contributed by atoms with Crippen LogP contribution in [0.3, 0.4) is 0 Å². The summed E-state index contributed by atoms with van der Waals surface area (Å²) in [5, 5.41) is 13.9. The van der Waals surface area contributed by atoms with Crippen LogP contribution in [0.4, 0.5) is 0 Å². The van der Waals surface area contributed by atoms with Crippen LogP contribution in [0.1, 0.15) is 31.9 Å². The molecule has 0 aliphatic carbocycles. The van der Waals surface area contributed by atoms with E-state index in [0.717, 1.165) is 18.0 Å². The van der Waals surface area contributed by atoms with Gasteiger partial charge in [-0.1, -0.05) is 23.7 Å². The van der Waals surface area contributed by atoms with Crippen LogP contribution in [0, 0.1) is 0 Å². The smallest absolute Gasteiger partial charge is 0.0718 e. The fourth-order valence-corrected chi connectivity index (χ4v) is 2.39. The number of rotatable bonds is 7. The summed E-state index contributed by atoms with van der Waals surface area (Å²) in [5.74, 6) is 0. The molecule has 1 unspecified atom stereocenters. The number of likely N-dealkylation sites (N-methyl/N-ethyl adjacent to an activating group) is 1. The van der Waals surface area contributed by atoms with E-state index in [4.69, 9.17) is 11.6 Å². The Balaban J connectivity index is 2.51. The summed E-state index contributed by atoms with van der Waals surface area (Å²) < 4.78 is 0. The van der Waals surface area contributed by atoms with Crippen LogP contribution in [0.2, 0.25) is 5.02 Å². The number of nitrogens with zero attached hydrogens (tertiary/aromatic N) is 1. The molecule has 0 fully saturated rings. The van der Waals surface area contributed by atoms with Gasteiger partial charge in [-0.3, -0.25) is 0 Å². The minimum atomic E-state index is -0.649. The normalized spacial score (nSPS) is 13.8. The molecule has 0 saturated heterocycles. The fourth-order valence-electron chi connectivity index (χ4n) is 2.26. The molecule has 0 aliphatic rings. The zero-order chi connectivity index (χ0) is 14.5. The van der Waals surface area contributed by atoms with Crippen LogP contribution in [0.25, 0.3) is 0 Å². The minimum absolute atomic E-state index is 0.307. The minimum Gasteiger partial charge on any atom is -0.389 e.